The summed E-state index contributed by atoms with van der Waals surface area (Å²) in [6.45, 7) is 3.34. The van der Waals surface area contributed by atoms with Crippen LogP contribution in [-0.2, 0) is 15.1 Å². The van der Waals surface area contributed by atoms with Gasteiger partial charge in [-0.05, 0) is 39.5 Å². The van der Waals surface area contributed by atoms with Gasteiger partial charge in [-0.15, -0.1) is 0 Å². The fourth-order valence-electron chi connectivity index (χ4n) is 2.81. The molecule has 0 aromatic carbocycles. The molecular formula is C14H23N3O3. The zero-order chi connectivity index (χ0) is 14.9. The molecule has 1 aromatic heterocycles. The second kappa shape index (κ2) is 5.44. The predicted octanol–water partition coefficient (Wildman–Crippen LogP) is 1.60. The SMILES string of the molecule is COC(=O)C1CCC(n2cc(N)c(C(C)(C)O)n2)CC1. The van der Waals surface area contributed by atoms with Crippen molar-refractivity contribution in [2.45, 2.75) is 51.2 Å². The van der Waals surface area contributed by atoms with Gasteiger partial charge in [-0.1, -0.05) is 0 Å². The van der Waals surface area contributed by atoms with E-state index in [4.69, 9.17) is 10.5 Å². The normalized spacial score (nSPS) is 23.6. The van der Waals surface area contributed by atoms with Gasteiger partial charge >= 0.3 is 5.97 Å². The molecule has 0 amide bonds. The number of hydrogen-bond donors (Lipinski definition) is 2. The molecule has 1 aromatic rings. The number of carbonyl (C=O) groups is 1. The van der Waals surface area contributed by atoms with Crippen LogP contribution in [0, 0.1) is 5.92 Å². The zero-order valence-electron chi connectivity index (χ0n) is 12.3. The fraction of sp³-hybridized carbons (Fsp3) is 0.714. The second-order valence-corrected chi connectivity index (χ2v) is 6.00. The molecule has 6 heteroatoms. The molecule has 0 aliphatic heterocycles. The summed E-state index contributed by atoms with van der Waals surface area (Å²) < 4.78 is 6.61. The number of methoxy groups -OCH3 is 1. The van der Waals surface area contributed by atoms with Gasteiger partial charge in [-0.2, -0.15) is 5.10 Å². The van der Waals surface area contributed by atoms with Crippen LogP contribution in [0.25, 0.3) is 0 Å². The predicted molar refractivity (Wildman–Crippen MR) is 74.9 cm³/mol. The van der Waals surface area contributed by atoms with E-state index in [0.29, 0.717) is 11.4 Å². The van der Waals surface area contributed by atoms with E-state index in [1.54, 1.807) is 20.0 Å². The average Bonchev–Trinajstić information content (AvgIpc) is 2.80. The van der Waals surface area contributed by atoms with E-state index in [2.05, 4.69) is 5.10 Å². The first-order chi connectivity index (χ1) is 9.32. The van der Waals surface area contributed by atoms with Crippen LogP contribution in [0.4, 0.5) is 5.69 Å². The summed E-state index contributed by atoms with van der Waals surface area (Å²) in [4.78, 5) is 11.5. The molecule has 3 N–H and O–H groups in total. The molecule has 1 saturated carbocycles. The van der Waals surface area contributed by atoms with E-state index >= 15 is 0 Å². The van der Waals surface area contributed by atoms with Crippen molar-refractivity contribution in [1.82, 2.24) is 9.78 Å². The molecule has 1 aliphatic carbocycles. The lowest BCUT2D eigenvalue weighted by atomic mass is 9.86. The number of hydrogen-bond acceptors (Lipinski definition) is 5. The largest absolute Gasteiger partial charge is 0.469 e. The highest BCUT2D eigenvalue weighted by Gasteiger charge is 2.30. The van der Waals surface area contributed by atoms with Gasteiger partial charge in [0.05, 0.1) is 24.8 Å². The Morgan fingerprint density at radius 1 is 1.45 bits per heavy atom. The smallest absolute Gasteiger partial charge is 0.308 e. The van der Waals surface area contributed by atoms with Crippen LogP contribution in [0.2, 0.25) is 0 Å². The zero-order valence-corrected chi connectivity index (χ0v) is 12.3. The molecule has 0 spiro atoms. The lowest BCUT2D eigenvalue weighted by Crippen LogP contribution is -2.25. The number of rotatable bonds is 3. The maximum atomic E-state index is 11.5. The van der Waals surface area contributed by atoms with Gasteiger partial charge in [0.15, 0.2) is 0 Å². The Morgan fingerprint density at radius 3 is 2.50 bits per heavy atom. The van der Waals surface area contributed by atoms with Crippen LogP contribution in [0.15, 0.2) is 6.20 Å². The van der Waals surface area contributed by atoms with Gasteiger partial charge in [-0.3, -0.25) is 9.48 Å². The number of aromatic nitrogens is 2. The van der Waals surface area contributed by atoms with E-state index < -0.39 is 5.60 Å². The number of nitrogen functional groups attached to an aromatic ring is 1. The lowest BCUT2D eigenvalue weighted by Gasteiger charge is -2.27. The molecule has 0 atom stereocenters. The third-order valence-electron chi connectivity index (χ3n) is 3.95. The minimum absolute atomic E-state index is 0.00193. The van der Waals surface area contributed by atoms with Crippen LogP contribution in [0.5, 0.6) is 0 Å². The van der Waals surface area contributed by atoms with Gasteiger partial charge in [0.2, 0.25) is 0 Å². The van der Waals surface area contributed by atoms with Crippen molar-refractivity contribution in [3.8, 4) is 0 Å². The number of nitrogens with two attached hydrogens (primary N) is 1. The number of ether oxygens (including phenoxy) is 1. The summed E-state index contributed by atoms with van der Waals surface area (Å²) in [7, 11) is 1.43. The van der Waals surface area contributed by atoms with Crippen LogP contribution < -0.4 is 5.73 Å². The highest BCUT2D eigenvalue weighted by molar-refractivity contribution is 5.72. The molecular weight excluding hydrogens is 258 g/mol. The van der Waals surface area contributed by atoms with Gasteiger partial charge in [-0.25, -0.2) is 0 Å². The lowest BCUT2D eigenvalue weighted by molar-refractivity contribution is -0.146. The number of anilines is 1. The third kappa shape index (κ3) is 2.95. The Hall–Kier alpha value is -1.56. The first kappa shape index (κ1) is 14.8. The number of nitrogens with zero attached hydrogens (tertiary/aromatic N) is 2. The maximum Gasteiger partial charge on any atom is 0.308 e. The molecule has 1 aliphatic rings. The van der Waals surface area contributed by atoms with Gasteiger partial charge < -0.3 is 15.6 Å². The molecule has 0 unspecified atom stereocenters. The Bertz CT molecular complexity index is 482. The van der Waals surface area contributed by atoms with Crippen LogP contribution in [0.1, 0.15) is 51.3 Å². The first-order valence-corrected chi connectivity index (χ1v) is 6.98. The average molecular weight is 281 g/mol. The van der Waals surface area contributed by atoms with Crippen LogP contribution in [-0.4, -0.2) is 28.0 Å². The van der Waals surface area contributed by atoms with Crippen molar-refractivity contribution in [1.29, 1.82) is 0 Å². The van der Waals surface area contributed by atoms with E-state index in [-0.39, 0.29) is 17.9 Å². The van der Waals surface area contributed by atoms with E-state index in [1.165, 1.54) is 7.11 Å². The summed E-state index contributed by atoms with van der Waals surface area (Å²) in [6, 6.07) is 0.231. The Balaban J connectivity index is 2.06. The van der Waals surface area contributed by atoms with Crippen molar-refractivity contribution in [2.75, 3.05) is 12.8 Å². The first-order valence-electron chi connectivity index (χ1n) is 6.98. The van der Waals surface area contributed by atoms with Gasteiger partial charge in [0.1, 0.15) is 11.3 Å². The highest BCUT2D eigenvalue weighted by atomic mass is 16.5. The molecule has 0 radical (unpaired) electrons. The summed E-state index contributed by atoms with van der Waals surface area (Å²) in [5, 5.41) is 14.4. The fourth-order valence-corrected chi connectivity index (χ4v) is 2.81. The highest BCUT2D eigenvalue weighted by Crippen LogP contribution is 2.34. The Labute approximate surface area is 118 Å². The van der Waals surface area contributed by atoms with Gasteiger partial charge in [0.25, 0.3) is 0 Å². The third-order valence-corrected chi connectivity index (χ3v) is 3.95. The van der Waals surface area contributed by atoms with E-state index in [1.807, 2.05) is 4.68 Å². The molecule has 6 nitrogen and oxygen atoms in total. The van der Waals surface area contributed by atoms with E-state index in [0.717, 1.165) is 25.7 Å². The molecule has 0 bridgehead atoms. The quantitative estimate of drug-likeness (QED) is 0.821. The van der Waals surface area contributed by atoms with Crippen LogP contribution >= 0.6 is 0 Å². The molecule has 0 saturated heterocycles. The molecule has 112 valence electrons. The minimum Gasteiger partial charge on any atom is -0.469 e. The van der Waals surface area contributed by atoms with Crippen LogP contribution in [0.3, 0.4) is 0 Å². The van der Waals surface area contributed by atoms with Crippen molar-refractivity contribution >= 4 is 11.7 Å². The minimum atomic E-state index is -1.04. The number of carbonyl (C=O) groups excluding carboxylic acids is 1. The monoisotopic (exact) mass is 281 g/mol. The standard InChI is InChI=1S/C14H23N3O3/c1-14(2,19)12-11(15)8-17(16-12)10-6-4-9(5-7-10)13(18)20-3/h8-10,19H,4-7,15H2,1-3H3. The molecule has 1 heterocycles. The van der Waals surface area contributed by atoms with Crippen molar-refractivity contribution < 1.29 is 14.6 Å². The van der Waals surface area contributed by atoms with Crippen molar-refractivity contribution in [3.05, 3.63) is 11.9 Å². The summed E-state index contributed by atoms with van der Waals surface area (Å²) in [6.07, 6.45) is 5.11. The molecule has 20 heavy (non-hydrogen) atoms. The maximum absolute atomic E-state index is 11.5. The number of esters is 1. The Kier molecular flexibility index (Phi) is 4.04. The van der Waals surface area contributed by atoms with Crippen molar-refractivity contribution in [2.24, 2.45) is 5.92 Å². The topological polar surface area (TPSA) is 90.4 Å². The molecule has 1 fully saturated rings. The summed E-state index contributed by atoms with van der Waals surface area (Å²) in [5.41, 5.74) is 5.88. The number of aliphatic hydroxyl groups is 1. The van der Waals surface area contributed by atoms with E-state index in [9.17, 15) is 9.90 Å². The Morgan fingerprint density at radius 2 is 2.05 bits per heavy atom. The summed E-state index contributed by atoms with van der Waals surface area (Å²) >= 11 is 0. The van der Waals surface area contributed by atoms with Crippen molar-refractivity contribution in [3.63, 3.8) is 0 Å². The molecule has 2 rings (SSSR count). The summed E-state index contributed by atoms with van der Waals surface area (Å²) in [5.74, 6) is -0.126. The van der Waals surface area contributed by atoms with Gasteiger partial charge in [0, 0.05) is 6.20 Å². The second-order valence-electron chi connectivity index (χ2n) is 6.00.